The van der Waals surface area contributed by atoms with Crippen LogP contribution in [0.15, 0.2) is 12.3 Å². The molecule has 70 valence electrons. The zero-order valence-electron chi connectivity index (χ0n) is 7.30. The Morgan fingerprint density at radius 3 is 2.92 bits per heavy atom. The maximum atomic E-state index is 10.8. The molecule has 0 bridgehead atoms. The van der Waals surface area contributed by atoms with Crippen LogP contribution < -0.4 is 5.32 Å². The molecular weight excluding hydrogens is 192 g/mol. The van der Waals surface area contributed by atoms with Gasteiger partial charge in [0.25, 0.3) is 0 Å². The van der Waals surface area contributed by atoms with E-state index in [9.17, 15) is 4.79 Å². The monoisotopic (exact) mass is 200 g/mol. The number of nitrogens with one attached hydrogen (secondary N) is 1. The summed E-state index contributed by atoms with van der Waals surface area (Å²) in [7, 11) is 1.28. The number of anilines is 1. The van der Waals surface area contributed by atoms with Crippen molar-refractivity contribution in [3.8, 4) is 0 Å². The third kappa shape index (κ3) is 2.59. The van der Waals surface area contributed by atoms with Crippen LogP contribution in [-0.4, -0.2) is 18.2 Å². The van der Waals surface area contributed by atoms with E-state index in [-0.39, 0.29) is 0 Å². The number of nitrogens with zero attached hydrogens (tertiary/aromatic N) is 1. The molecule has 0 aliphatic carbocycles. The molecule has 1 aromatic heterocycles. The summed E-state index contributed by atoms with van der Waals surface area (Å²) in [4.78, 5) is 14.7. The van der Waals surface area contributed by atoms with Crippen molar-refractivity contribution in [2.45, 2.75) is 6.92 Å². The largest absolute Gasteiger partial charge is 0.453 e. The molecular formula is C8H9ClN2O2. The maximum Gasteiger partial charge on any atom is 0.412 e. The number of aryl methyl sites for hydroxylation is 1. The number of methoxy groups -OCH3 is 1. The van der Waals surface area contributed by atoms with E-state index in [1.165, 1.54) is 7.11 Å². The van der Waals surface area contributed by atoms with Crippen molar-refractivity contribution in [2.24, 2.45) is 0 Å². The van der Waals surface area contributed by atoms with E-state index in [1.54, 1.807) is 12.3 Å². The van der Waals surface area contributed by atoms with Gasteiger partial charge in [-0.25, -0.2) is 9.78 Å². The van der Waals surface area contributed by atoms with Gasteiger partial charge in [0.15, 0.2) is 0 Å². The van der Waals surface area contributed by atoms with Crippen molar-refractivity contribution in [3.63, 3.8) is 0 Å². The summed E-state index contributed by atoms with van der Waals surface area (Å²) in [5.74, 6) is 0.377. The Bertz CT molecular complexity index is 328. The van der Waals surface area contributed by atoms with Crippen molar-refractivity contribution < 1.29 is 9.53 Å². The summed E-state index contributed by atoms with van der Waals surface area (Å²) in [6.45, 7) is 1.83. The Kier molecular flexibility index (Phi) is 3.08. The number of carbonyl (C=O) groups is 1. The normalized spacial score (nSPS) is 9.46. The summed E-state index contributed by atoms with van der Waals surface area (Å²) in [5, 5.41) is 2.96. The third-order valence-electron chi connectivity index (χ3n) is 1.45. The summed E-state index contributed by atoms with van der Waals surface area (Å²) in [6.07, 6.45) is 1.01. The number of aromatic nitrogens is 1. The smallest absolute Gasteiger partial charge is 0.412 e. The number of hydrogen-bond acceptors (Lipinski definition) is 3. The number of amides is 1. The number of pyridine rings is 1. The summed E-state index contributed by atoms with van der Waals surface area (Å²) in [5.41, 5.74) is 0.858. The Morgan fingerprint density at radius 2 is 2.38 bits per heavy atom. The molecule has 1 amide bonds. The molecule has 0 aromatic carbocycles. The predicted molar refractivity (Wildman–Crippen MR) is 50.0 cm³/mol. The van der Waals surface area contributed by atoms with Gasteiger partial charge in [0.1, 0.15) is 5.82 Å². The van der Waals surface area contributed by atoms with Crippen LogP contribution in [0.4, 0.5) is 10.6 Å². The lowest BCUT2D eigenvalue weighted by atomic mass is 10.3. The SMILES string of the molecule is COC(=O)Nc1cc(Cl)c(C)cn1. The zero-order chi connectivity index (χ0) is 9.84. The molecule has 13 heavy (non-hydrogen) atoms. The number of rotatable bonds is 1. The van der Waals surface area contributed by atoms with Gasteiger partial charge in [-0.2, -0.15) is 0 Å². The van der Waals surface area contributed by atoms with Gasteiger partial charge in [0, 0.05) is 11.2 Å². The van der Waals surface area contributed by atoms with E-state index in [0.29, 0.717) is 10.8 Å². The number of hydrogen-bond donors (Lipinski definition) is 1. The third-order valence-corrected chi connectivity index (χ3v) is 1.86. The second-order valence-electron chi connectivity index (χ2n) is 2.44. The summed E-state index contributed by atoms with van der Waals surface area (Å²) < 4.78 is 4.39. The fourth-order valence-electron chi connectivity index (χ4n) is 0.723. The zero-order valence-corrected chi connectivity index (χ0v) is 8.05. The average Bonchev–Trinajstić information content (AvgIpc) is 2.11. The first-order chi connectivity index (χ1) is 6.13. The lowest BCUT2D eigenvalue weighted by Crippen LogP contribution is -2.11. The molecule has 1 rings (SSSR count). The van der Waals surface area contributed by atoms with Crippen LogP contribution in [0.5, 0.6) is 0 Å². The molecule has 1 N–H and O–H groups in total. The van der Waals surface area contributed by atoms with E-state index >= 15 is 0 Å². The second kappa shape index (κ2) is 4.09. The quantitative estimate of drug-likeness (QED) is 0.756. The van der Waals surface area contributed by atoms with Crippen molar-refractivity contribution in [1.29, 1.82) is 0 Å². The Morgan fingerprint density at radius 1 is 1.69 bits per heavy atom. The standard InChI is InChI=1S/C8H9ClN2O2/c1-5-4-10-7(3-6(5)9)11-8(12)13-2/h3-4H,1-2H3,(H,10,11,12). The average molecular weight is 201 g/mol. The predicted octanol–water partition coefficient (Wildman–Crippen LogP) is 2.22. The van der Waals surface area contributed by atoms with Crippen molar-refractivity contribution >= 4 is 23.5 Å². The summed E-state index contributed by atoms with van der Waals surface area (Å²) >= 11 is 5.81. The van der Waals surface area contributed by atoms with Crippen LogP contribution in [0.2, 0.25) is 5.02 Å². The van der Waals surface area contributed by atoms with Gasteiger partial charge in [-0.3, -0.25) is 5.32 Å². The number of carbonyl (C=O) groups excluding carboxylic acids is 1. The lowest BCUT2D eigenvalue weighted by molar-refractivity contribution is 0.187. The summed E-state index contributed by atoms with van der Waals surface area (Å²) in [6, 6.07) is 1.56. The van der Waals surface area contributed by atoms with Gasteiger partial charge in [-0.05, 0) is 18.6 Å². The van der Waals surface area contributed by atoms with Crippen LogP contribution in [0.25, 0.3) is 0 Å². The first-order valence-electron chi connectivity index (χ1n) is 3.60. The van der Waals surface area contributed by atoms with Gasteiger partial charge in [-0.15, -0.1) is 0 Å². The second-order valence-corrected chi connectivity index (χ2v) is 2.84. The molecule has 0 saturated carbocycles. The van der Waals surface area contributed by atoms with Gasteiger partial charge >= 0.3 is 6.09 Å². The number of ether oxygens (including phenoxy) is 1. The molecule has 5 heteroatoms. The minimum Gasteiger partial charge on any atom is -0.453 e. The van der Waals surface area contributed by atoms with Crippen LogP contribution >= 0.6 is 11.6 Å². The van der Waals surface area contributed by atoms with Crippen molar-refractivity contribution in [3.05, 3.63) is 22.8 Å². The highest BCUT2D eigenvalue weighted by Crippen LogP contribution is 2.17. The molecule has 0 unspecified atom stereocenters. The van der Waals surface area contributed by atoms with E-state index in [2.05, 4.69) is 15.0 Å². The molecule has 0 aliphatic heterocycles. The van der Waals surface area contributed by atoms with Crippen molar-refractivity contribution in [1.82, 2.24) is 4.98 Å². The Labute approximate surface area is 80.9 Å². The maximum absolute atomic E-state index is 10.8. The minimum absolute atomic E-state index is 0.377. The highest BCUT2D eigenvalue weighted by atomic mass is 35.5. The molecule has 1 heterocycles. The topological polar surface area (TPSA) is 51.2 Å². The fraction of sp³-hybridized carbons (Fsp3) is 0.250. The fourth-order valence-corrected chi connectivity index (χ4v) is 0.875. The van der Waals surface area contributed by atoms with Gasteiger partial charge in [0.2, 0.25) is 0 Å². The van der Waals surface area contributed by atoms with Crippen LogP contribution in [0.3, 0.4) is 0 Å². The minimum atomic E-state index is -0.563. The van der Waals surface area contributed by atoms with Crippen LogP contribution in [0, 0.1) is 6.92 Å². The van der Waals surface area contributed by atoms with E-state index in [0.717, 1.165) is 5.56 Å². The highest BCUT2D eigenvalue weighted by molar-refractivity contribution is 6.31. The van der Waals surface area contributed by atoms with E-state index < -0.39 is 6.09 Å². The molecule has 0 atom stereocenters. The molecule has 0 spiro atoms. The van der Waals surface area contributed by atoms with Crippen LogP contribution in [-0.2, 0) is 4.74 Å². The van der Waals surface area contributed by atoms with Gasteiger partial charge < -0.3 is 4.74 Å². The highest BCUT2D eigenvalue weighted by Gasteiger charge is 2.03. The van der Waals surface area contributed by atoms with E-state index in [1.807, 2.05) is 6.92 Å². The molecule has 0 aliphatic rings. The molecule has 1 aromatic rings. The molecule has 0 saturated heterocycles. The molecule has 0 fully saturated rings. The van der Waals surface area contributed by atoms with Crippen molar-refractivity contribution in [2.75, 3.05) is 12.4 Å². The Balaban J connectivity index is 2.79. The first kappa shape index (κ1) is 9.80. The van der Waals surface area contributed by atoms with Gasteiger partial charge in [0.05, 0.1) is 7.11 Å². The van der Waals surface area contributed by atoms with E-state index in [4.69, 9.17) is 11.6 Å². The lowest BCUT2D eigenvalue weighted by Gasteiger charge is -2.03. The number of halogens is 1. The van der Waals surface area contributed by atoms with Crippen LogP contribution in [0.1, 0.15) is 5.56 Å². The Hall–Kier alpha value is -1.29. The van der Waals surface area contributed by atoms with Gasteiger partial charge in [-0.1, -0.05) is 11.6 Å². The first-order valence-corrected chi connectivity index (χ1v) is 3.98. The molecule has 4 nitrogen and oxygen atoms in total. The molecule has 0 radical (unpaired) electrons.